The van der Waals surface area contributed by atoms with Gasteiger partial charge in [-0.05, 0) is 56.2 Å². The quantitative estimate of drug-likeness (QED) is 0.855. The van der Waals surface area contributed by atoms with E-state index in [0.717, 1.165) is 24.2 Å². The Bertz CT molecular complexity index is 864. The molecule has 0 aliphatic carbocycles. The normalized spacial score (nSPS) is 14.7. The van der Waals surface area contributed by atoms with Crippen LogP contribution in [0.1, 0.15) is 35.7 Å². The number of rotatable bonds is 5. The highest BCUT2D eigenvalue weighted by Gasteiger charge is 2.23. The van der Waals surface area contributed by atoms with Gasteiger partial charge in [-0.25, -0.2) is 0 Å². The molecule has 2 aromatic rings. The molecule has 6 nitrogen and oxygen atoms in total. The maximum Gasteiger partial charge on any atom is 0.251 e. The van der Waals surface area contributed by atoms with Gasteiger partial charge in [-0.3, -0.25) is 14.4 Å². The zero-order valence-corrected chi connectivity index (χ0v) is 15.5. The van der Waals surface area contributed by atoms with Crippen LogP contribution in [0.5, 0.6) is 0 Å². The minimum absolute atomic E-state index is 0.132. The predicted octanol–water partition coefficient (Wildman–Crippen LogP) is 2.88. The molecule has 2 aromatic carbocycles. The summed E-state index contributed by atoms with van der Waals surface area (Å²) in [6.45, 7) is 4.28. The number of hydrogen-bond donors (Lipinski definition) is 2. The van der Waals surface area contributed by atoms with E-state index in [9.17, 15) is 14.4 Å². The van der Waals surface area contributed by atoms with E-state index in [4.69, 9.17) is 0 Å². The number of nitrogens with one attached hydrogen (secondary N) is 2. The third kappa shape index (κ3) is 4.34. The van der Waals surface area contributed by atoms with Crippen molar-refractivity contribution in [2.75, 3.05) is 16.8 Å². The number of nitrogens with zero attached hydrogens (tertiary/aromatic N) is 1. The minimum atomic E-state index is -0.683. The lowest BCUT2D eigenvalue weighted by Crippen LogP contribution is -2.41. The summed E-state index contributed by atoms with van der Waals surface area (Å²) in [5, 5.41) is 5.50. The van der Waals surface area contributed by atoms with Crippen molar-refractivity contribution in [1.29, 1.82) is 0 Å². The van der Waals surface area contributed by atoms with Crippen molar-refractivity contribution in [3.8, 4) is 0 Å². The first kappa shape index (κ1) is 18.6. The largest absolute Gasteiger partial charge is 0.341 e. The molecular weight excluding hydrogens is 342 g/mol. The van der Waals surface area contributed by atoms with E-state index in [2.05, 4.69) is 10.6 Å². The van der Waals surface area contributed by atoms with Gasteiger partial charge in [-0.1, -0.05) is 18.2 Å². The average Bonchev–Trinajstić information content (AvgIpc) is 3.08. The highest BCUT2D eigenvalue weighted by atomic mass is 16.2. The van der Waals surface area contributed by atoms with Gasteiger partial charge < -0.3 is 15.5 Å². The van der Waals surface area contributed by atoms with Crippen molar-refractivity contribution in [2.24, 2.45) is 0 Å². The van der Waals surface area contributed by atoms with E-state index < -0.39 is 6.04 Å². The van der Waals surface area contributed by atoms with Gasteiger partial charge >= 0.3 is 0 Å². The molecule has 0 saturated carbocycles. The van der Waals surface area contributed by atoms with Crippen LogP contribution >= 0.6 is 0 Å². The van der Waals surface area contributed by atoms with Gasteiger partial charge in [0.15, 0.2) is 0 Å². The third-order valence-corrected chi connectivity index (χ3v) is 4.61. The maximum absolute atomic E-state index is 12.4. The van der Waals surface area contributed by atoms with Gasteiger partial charge in [0, 0.05) is 29.9 Å². The smallest absolute Gasteiger partial charge is 0.251 e. The van der Waals surface area contributed by atoms with Crippen LogP contribution in [0.2, 0.25) is 0 Å². The summed E-state index contributed by atoms with van der Waals surface area (Å²) >= 11 is 0. The summed E-state index contributed by atoms with van der Waals surface area (Å²) < 4.78 is 0. The van der Waals surface area contributed by atoms with Gasteiger partial charge in [0.1, 0.15) is 6.04 Å². The topological polar surface area (TPSA) is 78.5 Å². The number of hydrogen-bond acceptors (Lipinski definition) is 3. The van der Waals surface area contributed by atoms with Crippen LogP contribution in [0.25, 0.3) is 0 Å². The molecule has 3 rings (SSSR count). The Balaban J connectivity index is 1.62. The fraction of sp³-hybridized carbons (Fsp3) is 0.286. The Hall–Kier alpha value is -3.15. The van der Waals surface area contributed by atoms with Gasteiger partial charge in [-0.15, -0.1) is 0 Å². The number of anilines is 2. The van der Waals surface area contributed by atoms with Crippen LogP contribution in [0, 0.1) is 6.92 Å². The van der Waals surface area contributed by atoms with Crippen LogP contribution in [0.15, 0.2) is 48.5 Å². The molecule has 3 amide bonds. The van der Waals surface area contributed by atoms with Crippen LogP contribution in [0.4, 0.5) is 11.4 Å². The fourth-order valence-electron chi connectivity index (χ4n) is 3.12. The summed E-state index contributed by atoms with van der Waals surface area (Å²) in [6, 6.07) is 13.5. The van der Waals surface area contributed by atoms with Gasteiger partial charge in [0.05, 0.1) is 0 Å². The number of carbonyl (C=O) groups excluding carboxylic acids is 3. The second-order valence-corrected chi connectivity index (χ2v) is 6.70. The van der Waals surface area contributed by atoms with Gasteiger partial charge in [0.2, 0.25) is 11.8 Å². The highest BCUT2D eigenvalue weighted by Crippen LogP contribution is 2.27. The number of carbonyl (C=O) groups is 3. The van der Waals surface area contributed by atoms with E-state index >= 15 is 0 Å². The second kappa shape index (κ2) is 8.03. The predicted molar refractivity (Wildman–Crippen MR) is 105 cm³/mol. The summed E-state index contributed by atoms with van der Waals surface area (Å²) in [4.78, 5) is 38.2. The molecule has 27 heavy (non-hydrogen) atoms. The Morgan fingerprint density at radius 1 is 1.11 bits per heavy atom. The molecule has 0 radical (unpaired) electrons. The molecule has 1 aliphatic heterocycles. The summed E-state index contributed by atoms with van der Waals surface area (Å²) in [6.07, 6.45) is 1.45. The minimum Gasteiger partial charge on any atom is -0.341 e. The van der Waals surface area contributed by atoms with Crippen molar-refractivity contribution in [1.82, 2.24) is 5.32 Å². The van der Waals surface area contributed by atoms with E-state index in [-0.39, 0.29) is 17.7 Å². The summed E-state index contributed by atoms with van der Waals surface area (Å²) in [5.74, 6) is -0.465. The van der Waals surface area contributed by atoms with Gasteiger partial charge in [0.25, 0.3) is 5.91 Å². The molecular formula is C21H23N3O3. The Morgan fingerprint density at radius 2 is 1.85 bits per heavy atom. The first-order valence-corrected chi connectivity index (χ1v) is 9.03. The van der Waals surface area contributed by atoms with Crippen LogP contribution in [0.3, 0.4) is 0 Å². The van der Waals surface area contributed by atoms with Crippen LogP contribution in [-0.2, 0) is 9.59 Å². The van der Waals surface area contributed by atoms with Crippen molar-refractivity contribution < 1.29 is 14.4 Å². The SMILES string of the molecule is Cc1cc(NC(=O)[C@@H](C)NC(=O)c2ccccc2)ccc1N1CCCC1=O. The van der Waals surface area contributed by atoms with E-state index in [1.54, 1.807) is 42.2 Å². The van der Waals surface area contributed by atoms with E-state index in [1.807, 2.05) is 25.1 Å². The molecule has 1 atom stereocenters. The first-order chi connectivity index (χ1) is 13.0. The monoisotopic (exact) mass is 365 g/mol. The van der Waals surface area contributed by atoms with Crippen molar-refractivity contribution >= 4 is 29.1 Å². The number of amides is 3. The standard InChI is InChI=1S/C21H23N3O3/c1-14-13-17(10-11-18(14)24-12-6-9-19(24)25)23-20(26)15(2)22-21(27)16-7-4-3-5-8-16/h3-5,7-8,10-11,13,15H,6,9,12H2,1-2H3,(H,22,27)(H,23,26)/t15-/m1/s1. The number of benzene rings is 2. The van der Waals surface area contributed by atoms with Crippen LogP contribution < -0.4 is 15.5 Å². The van der Waals surface area contributed by atoms with Crippen molar-refractivity contribution in [3.63, 3.8) is 0 Å². The second-order valence-electron chi connectivity index (χ2n) is 6.70. The molecule has 0 bridgehead atoms. The Kier molecular flexibility index (Phi) is 5.54. The maximum atomic E-state index is 12.4. The third-order valence-electron chi connectivity index (χ3n) is 4.61. The molecule has 0 unspecified atom stereocenters. The summed E-state index contributed by atoms with van der Waals surface area (Å²) in [7, 11) is 0. The molecule has 2 N–H and O–H groups in total. The molecule has 6 heteroatoms. The Morgan fingerprint density at radius 3 is 2.48 bits per heavy atom. The van der Waals surface area contributed by atoms with Gasteiger partial charge in [-0.2, -0.15) is 0 Å². The lowest BCUT2D eigenvalue weighted by Gasteiger charge is -2.20. The molecule has 1 aliphatic rings. The van der Waals surface area contributed by atoms with Crippen molar-refractivity contribution in [3.05, 3.63) is 59.7 Å². The fourth-order valence-corrected chi connectivity index (χ4v) is 3.12. The van der Waals surface area contributed by atoms with Crippen molar-refractivity contribution in [2.45, 2.75) is 32.7 Å². The number of aryl methyl sites for hydroxylation is 1. The molecule has 1 fully saturated rings. The first-order valence-electron chi connectivity index (χ1n) is 9.03. The molecule has 0 aromatic heterocycles. The highest BCUT2D eigenvalue weighted by molar-refractivity contribution is 6.01. The zero-order valence-electron chi connectivity index (χ0n) is 15.5. The lowest BCUT2D eigenvalue weighted by molar-refractivity contribution is -0.118. The summed E-state index contributed by atoms with van der Waals surface area (Å²) in [5.41, 5.74) is 2.94. The molecule has 0 spiro atoms. The lowest BCUT2D eigenvalue weighted by atomic mass is 10.1. The van der Waals surface area contributed by atoms with E-state index in [1.165, 1.54) is 0 Å². The zero-order chi connectivity index (χ0) is 19.4. The molecule has 140 valence electrons. The average molecular weight is 365 g/mol. The van der Waals surface area contributed by atoms with E-state index in [0.29, 0.717) is 17.7 Å². The Labute approximate surface area is 158 Å². The molecule has 1 heterocycles. The molecule has 1 saturated heterocycles. The van der Waals surface area contributed by atoms with Crippen LogP contribution in [-0.4, -0.2) is 30.3 Å².